The van der Waals surface area contributed by atoms with Gasteiger partial charge in [-0.15, -0.1) is 0 Å². The van der Waals surface area contributed by atoms with Crippen molar-refractivity contribution < 1.29 is 19.2 Å². The summed E-state index contributed by atoms with van der Waals surface area (Å²) in [5.41, 5.74) is 3.19. The van der Waals surface area contributed by atoms with Gasteiger partial charge in [-0.05, 0) is 39.2 Å². The maximum Gasteiger partial charge on any atom is 0.344 e. The van der Waals surface area contributed by atoms with Crippen molar-refractivity contribution in [3.05, 3.63) is 22.5 Å². The zero-order valence-corrected chi connectivity index (χ0v) is 14.6. The second-order valence-corrected chi connectivity index (χ2v) is 6.84. The molecule has 25 heavy (non-hydrogen) atoms. The van der Waals surface area contributed by atoms with Gasteiger partial charge in [-0.2, -0.15) is 5.01 Å². The van der Waals surface area contributed by atoms with Crippen LogP contribution >= 0.6 is 0 Å². The highest BCUT2D eigenvalue weighted by atomic mass is 16.2. The highest BCUT2D eigenvalue weighted by Gasteiger charge is 2.52. The van der Waals surface area contributed by atoms with Crippen LogP contribution < -0.4 is 10.7 Å². The van der Waals surface area contributed by atoms with E-state index < -0.39 is 23.4 Å². The van der Waals surface area contributed by atoms with Crippen LogP contribution in [-0.4, -0.2) is 39.2 Å². The number of amides is 4. The van der Waals surface area contributed by atoms with E-state index in [0.29, 0.717) is 29.7 Å². The van der Waals surface area contributed by atoms with E-state index in [-0.39, 0.29) is 11.5 Å². The highest BCUT2D eigenvalue weighted by Crippen LogP contribution is 2.33. The smallest absolute Gasteiger partial charge is 0.344 e. The van der Waals surface area contributed by atoms with Crippen LogP contribution in [0.25, 0.3) is 0 Å². The molecule has 0 bridgehead atoms. The van der Waals surface area contributed by atoms with Crippen molar-refractivity contribution >= 4 is 23.6 Å². The van der Waals surface area contributed by atoms with Crippen LogP contribution in [0.1, 0.15) is 71.1 Å². The third-order valence-corrected chi connectivity index (χ3v) is 5.10. The Morgan fingerprint density at radius 3 is 2.32 bits per heavy atom. The van der Waals surface area contributed by atoms with Crippen LogP contribution in [-0.2, 0) is 4.79 Å². The average Bonchev–Trinajstić information content (AvgIpc) is 2.97. The molecule has 8 heteroatoms. The number of imide groups is 1. The molecule has 2 heterocycles. The SMILES string of the molecule is CC(=O)c1c(C)[nH]c(C(=O)NN2C(=O)NC3(CCCCC3)C2=O)c1C. The second kappa shape index (κ2) is 6.02. The molecule has 1 aromatic heterocycles. The predicted octanol–water partition coefficient (Wildman–Crippen LogP) is 1.73. The standard InChI is InChI=1S/C17H22N4O4/c1-9-12(11(3)22)10(2)18-13(9)14(23)20-21-15(24)17(19-16(21)25)7-5-4-6-8-17/h18H,4-8H2,1-3H3,(H,19,25)(H,20,23). The van der Waals surface area contributed by atoms with Crippen molar-refractivity contribution in [2.45, 2.75) is 58.4 Å². The summed E-state index contributed by atoms with van der Waals surface area (Å²) in [4.78, 5) is 52.0. The van der Waals surface area contributed by atoms with Gasteiger partial charge < -0.3 is 10.3 Å². The van der Waals surface area contributed by atoms with Crippen molar-refractivity contribution in [1.82, 2.24) is 20.7 Å². The topological polar surface area (TPSA) is 111 Å². The first-order valence-electron chi connectivity index (χ1n) is 8.44. The third kappa shape index (κ3) is 2.71. The van der Waals surface area contributed by atoms with E-state index in [1.165, 1.54) is 6.92 Å². The van der Waals surface area contributed by atoms with Crippen LogP contribution in [0.5, 0.6) is 0 Å². The molecule has 1 saturated carbocycles. The van der Waals surface area contributed by atoms with E-state index in [1.807, 2.05) is 0 Å². The van der Waals surface area contributed by atoms with Crippen LogP contribution in [0.3, 0.4) is 0 Å². The monoisotopic (exact) mass is 346 g/mol. The van der Waals surface area contributed by atoms with Gasteiger partial charge >= 0.3 is 6.03 Å². The molecule has 3 N–H and O–H groups in total. The number of aromatic nitrogens is 1. The number of hydrogen-bond donors (Lipinski definition) is 3. The molecule has 0 radical (unpaired) electrons. The Morgan fingerprint density at radius 1 is 1.12 bits per heavy atom. The van der Waals surface area contributed by atoms with Gasteiger partial charge in [-0.3, -0.25) is 19.8 Å². The van der Waals surface area contributed by atoms with Gasteiger partial charge in [0.2, 0.25) is 0 Å². The fraction of sp³-hybridized carbons (Fsp3) is 0.529. The molecule has 1 spiro atoms. The van der Waals surface area contributed by atoms with Crippen molar-refractivity contribution in [1.29, 1.82) is 0 Å². The second-order valence-electron chi connectivity index (χ2n) is 6.84. The molecule has 134 valence electrons. The number of urea groups is 1. The van der Waals surface area contributed by atoms with Crippen LogP contribution in [0, 0.1) is 13.8 Å². The number of nitrogens with zero attached hydrogens (tertiary/aromatic N) is 1. The minimum Gasteiger partial charge on any atom is -0.354 e. The summed E-state index contributed by atoms with van der Waals surface area (Å²) in [6.45, 7) is 4.78. The number of Topliss-reactive ketones (excluding diaryl/α,β-unsaturated/α-hetero) is 1. The zero-order valence-electron chi connectivity index (χ0n) is 14.6. The third-order valence-electron chi connectivity index (χ3n) is 5.10. The van der Waals surface area contributed by atoms with Crippen molar-refractivity contribution in [3.63, 3.8) is 0 Å². The van der Waals surface area contributed by atoms with E-state index in [9.17, 15) is 19.2 Å². The Balaban J connectivity index is 1.82. The van der Waals surface area contributed by atoms with Crippen molar-refractivity contribution in [2.24, 2.45) is 0 Å². The summed E-state index contributed by atoms with van der Waals surface area (Å²) in [5.74, 6) is -1.19. The lowest BCUT2D eigenvalue weighted by Gasteiger charge is -2.30. The Kier molecular flexibility index (Phi) is 4.14. The molecular weight excluding hydrogens is 324 g/mol. The molecule has 0 unspecified atom stereocenters. The van der Waals surface area contributed by atoms with Gasteiger partial charge in [0.25, 0.3) is 11.8 Å². The lowest BCUT2D eigenvalue weighted by atomic mass is 9.82. The van der Waals surface area contributed by atoms with E-state index in [0.717, 1.165) is 24.3 Å². The van der Waals surface area contributed by atoms with Gasteiger partial charge in [0.1, 0.15) is 11.2 Å². The van der Waals surface area contributed by atoms with Gasteiger partial charge in [-0.1, -0.05) is 19.3 Å². The minimum absolute atomic E-state index is 0.151. The number of H-pyrrole nitrogens is 1. The first kappa shape index (κ1) is 17.2. The Hall–Kier alpha value is -2.64. The molecule has 1 aliphatic heterocycles. The lowest BCUT2D eigenvalue weighted by molar-refractivity contribution is -0.134. The minimum atomic E-state index is -0.895. The van der Waals surface area contributed by atoms with E-state index in [4.69, 9.17) is 0 Å². The predicted molar refractivity (Wildman–Crippen MR) is 88.9 cm³/mol. The van der Waals surface area contributed by atoms with Crippen molar-refractivity contribution in [3.8, 4) is 0 Å². The molecule has 1 aliphatic carbocycles. The zero-order chi connectivity index (χ0) is 18.4. The average molecular weight is 346 g/mol. The Morgan fingerprint density at radius 2 is 1.76 bits per heavy atom. The fourth-order valence-corrected chi connectivity index (χ4v) is 3.88. The molecule has 3 rings (SSSR count). The fourth-order valence-electron chi connectivity index (χ4n) is 3.88. The Labute approximate surface area is 145 Å². The molecule has 2 fully saturated rings. The Bertz CT molecular complexity index is 774. The molecule has 0 atom stereocenters. The first-order chi connectivity index (χ1) is 11.8. The van der Waals surface area contributed by atoms with E-state index in [2.05, 4.69) is 15.7 Å². The van der Waals surface area contributed by atoms with Gasteiger partial charge in [0.05, 0.1) is 0 Å². The van der Waals surface area contributed by atoms with Gasteiger partial charge in [0.15, 0.2) is 5.78 Å². The first-order valence-corrected chi connectivity index (χ1v) is 8.44. The maximum absolute atomic E-state index is 12.7. The summed E-state index contributed by atoms with van der Waals surface area (Å²) < 4.78 is 0. The van der Waals surface area contributed by atoms with Crippen molar-refractivity contribution in [2.75, 3.05) is 0 Å². The molecular formula is C17H22N4O4. The highest BCUT2D eigenvalue weighted by molar-refractivity contribution is 6.10. The number of aromatic amines is 1. The number of carbonyl (C=O) groups is 4. The number of rotatable bonds is 3. The number of carbonyl (C=O) groups excluding carboxylic acids is 4. The molecule has 2 aliphatic rings. The normalized spacial score (nSPS) is 19.2. The number of hydrazine groups is 1. The van der Waals surface area contributed by atoms with Gasteiger partial charge in [-0.25, -0.2) is 4.79 Å². The molecule has 1 saturated heterocycles. The van der Waals surface area contributed by atoms with Crippen LogP contribution in [0.15, 0.2) is 0 Å². The summed E-state index contributed by atoms with van der Waals surface area (Å²) in [6, 6.07) is -0.618. The summed E-state index contributed by atoms with van der Waals surface area (Å²) in [5, 5.41) is 3.49. The molecule has 1 aromatic rings. The molecule has 0 aromatic carbocycles. The number of hydrogen-bond acceptors (Lipinski definition) is 4. The summed E-state index contributed by atoms with van der Waals surface area (Å²) in [7, 11) is 0. The van der Waals surface area contributed by atoms with E-state index >= 15 is 0 Å². The number of ketones is 1. The van der Waals surface area contributed by atoms with Gasteiger partial charge in [0, 0.05) is 11.3 Å². The van der Waals surface area contributed by atoms with Crippen LogP contribution in [0.4, 0.5) is 4.79 Å². The largest absolute Gasteiger partial charge is 0.354 e. The van der Waals surface area contributed by atoms with E-state index in [1.54, 1.807) is 13.8 Å². The quantitative estimate of drug-likeness (QED) is 0.571. The number of nitrogens with one attached hydrogen (secondary N) is 3. The molecule has 4 amide bonds. The summed E-state index contributed by atoms with van der Waals surface area (Å²) in [6.07, 6.45) is 3.93. The summed E-state index contributed by atoms with van der Waals surface area (Å²) >= 11 is 0. The maximum atomic E-state index is 12.7. The number of aryl methyl sites for hydroxylation is 1. The molecule has 8 nitrogen and oxygen atoms in total. The lowest BCUT2D eigenvalue weighted by Crippen LogP contribution is -2.51. The van der Waals surface area contributed by atoms with Crippen LogP contribution in [0.2, 0.25) is 0 Å².